The number of benzene rings is 3. The summed E-state index contributed by atoms with van der Waals surface area (Å²) < 4.78 is 39.8. The van der Waals surface area contributed by atoms with E-state index in [4.69, 9.17) is 20.8 Å². The van der Waals surface area contributed by atoms with Crippen LogP contribution in [0.25, 0.3) is 21.9 Å². The molecule has 5 aromatic rings. The maximum Gasteiger partial charge on any atom is 0.336 e. The van der Waals surface area contributed by atoms with Gasteiger partial charge in [-0.25, -0.2) is 18.0 Å². The van der Waals surface area contributed by atoms with Gasteiger partial charge in [-0.2, -0.15) is 4.72 Å². The molecule has 8 nitrogen and oxygen atoms in total. The molecule has 194 valence electrons. The standard InChI is InChI=1S/C28H23ClN2O6S/c1-16-7-9-19(10-8-16)38(34,35)31-24(12-18-15-30-23-6-4-3-5-20(18)23)28(33)37-26-14-25-21(13-22(26)29)17(2)11-27(32)36-25/h3-11,13-15,24,30-31H,12H2,1-2H3/t24-/m0/s1. The number of fused-ring (bicyclic) bond motifs is 2. The number of aryl methyl sites for hydroxylation is 2. The van der Waals surface area contributed by atoms with E-state index in [1.165, 1.54) is 30.3 Å². The Bertz CT molecular complexity index is 1840. The summed E-state index contributed by atoms with van der Waals surface area (Å²) in [7, 11) is -4.08. The molecule has 0 saturated heterocycles. The Morgan fingerprint density at radius 3 is 2.55 bits per heavy atom. The van der Waals surface area contributed by atoms with Gasteiger partial charge in [-0.15, -0.1) is 0 Å². The van der Waals surface area contributed by atoms with Gasteiger partial charge in [-0.1, -0.05) is 47.5 Å². The molecule has 0 fully saturated rings. The van der Waals surface area contributed by atoms with Crippen LogP contribution in [0.2, 0.25) is 5.02 Å². The van der Waals surface area contributed by atoms with Crippen LogP contribution in [0, 0.1) is 13.8 Å². The Hall–Kier alpha value is -3.92. The minimum absolute atomic E-state index is 0.00727. The van der Waals surface area contributed by atoms with Crippen molar-refractivity contribution in [1.29, 1.82) is 0 Å². The molecule has 0 aliphatic rings. The van der Waals surface area contributed by atoms with Gasteiger partial charge in [0.05, 0.1) is 9.92 Å². The van der Waals surface area contributed by atoms with Crippen LogP contribution in [0.5, 0.6) is 5.75 Å². The van der Waals surface area contributed by atoms with Crippen LogP contribution in [0.1, 0.15) is 16.7 Å². The van der Waals surface area contributed by atoms with Crippen molar-refractivity contribution >= 4 is 49.5 Å². The quantitative estimate of drug-likeness (QED) is 0.166. The zero-order valence-electron chi connectivity index (χ0n) is 20.4. The third-order valence-electron chi connectivity index (χ3n) is 6.23. The number of halogens is 1. The summed E-state index contributed by atoms with van der Waals surface area (Å²) in [5.74, 6) is -0.932. The molecular formula is C28H23ClN2O6S. The Balaban J connectivity index is 1.50. The van der Waals surface area contributed by atoms with Crippen molar-refractivity contribution in [3.05, 3.63) is 105 Å². The van der Waals surface area contributed by atoms with Gasteiger partial charge in [0.15, 0.2) is 5.75 Å². The van der Waals surface area contributed by atoms with Gasteiger partial charge < -0.3 is 14.1 Å². The minimum Gasteiger partial charge on any atom is -0.424 e. The van der Waals surface area contributed by atoms with Gasteiger partial charge in [0.2, 0.25) is 10.0 Å². The zero-order chi connectivity index (χ0) is 27.0. The monoisotopic (exact) mass is 550 g/mol. The number of sulfonamides is 1. The Morgan fingerprint density at radius 1 is 1.05 bits per heavy atom. The molecule has 0 aliphatic carbocycles. The summed E-state index contributed by atoms with van der Waals surface area (Å²) >= 11 is 6.39. The number of carbonyl (C=O) groups is 1. The normalized spacial score (nSPS) is 12.6. The van der Waals surface area contributed by atoms with Crippen LogP contribution in [0.15, 0.2) is 87.0 Å². The van der Waals surface area contributed by atoms with Crippen LogP contribution in [-0.4, -0.2) is 25.4 Å². The molecule has 0 aliphatic heterocycles. The van der Waals surface area contributed by atoms with Crippen molar-refractivity contribution in [2.45, 2.75) is 31.2 Å². The van der Waals surface area contributed by atoms with Crippen LogP contribution >= 0.6 is 11.6 Å². The lowest BCUT2D eigenvalue weighted by Gasteiger charge is -2.18. The van der Waals surface area contributed by atoms with Gasteiger partial charge in [-0.3, -0.25) is 0 Å². The maximum absolute atomic E-state index is 13.4. The average molecular weight is 551 g/mol. The topological polar surface area (TPSA) is 118 Å². The highest BCUT2D eigenvalue weighted by atomic mass is 35.5. The molecule has 0 saturated carbocycles. The number of aromatic amines is 1. The molecule has 2 heterocycles. The fourth-order valence-electron chi connectivity index (χ4n) is 4.24. The fraction of sp³-hybridized carbons (Fsp3) is 0.143. The number of para-hydroxylation sites is 1. The van der Waals surface area contributed by atoms with Crippen molar-refractivity contribution in [1.82, 2.24) is 9.71 Å². The molecule has 10 heteroatoms. The lowest BCUT2D eigenvalue weighted by Crippen LogP contribution is -2.44. The summed E-state index contributed by atoms with van der Waals surface area (Å²) in [6.45, 7) is 3.58. The van der Waals surface area contributed by atoms with Crippen molar-refractivity contribution in [2.75, 3.05) is 0 Å². The SMILES string of the molecule is Cc1ccc(S(=O)(=O)N[C@@H](Cc2c[nH]c3ccccc23)C(=O)Oc2cc3oc(=O)cc(C)c3cc2Cl)cc1. The number of carbonyl (C=O) groups excluding carboxylic acids is 1. The minimum atomic E-state index is -4.08. The summed E-state index contributed by atoms with van der Waals surface area (Å²) in [6.07, 6.45) is 1.74. The summed E-state index contributed by atoms with van der Waals surface area (Å²) in [5, 5.41) is 1.54. The Kier molecular flexibility index (Phi) is 6.83. The first-order chi connectivity index (χ1) is 18.1. The molecule has 2 aromatic heterocycles. The smallest absolute Gasteiger partial charge is 0.336 e. The Morgan fingerprint density at radius 2 is 1.79 bits per heavy atom. The lowest BCUT2D eigenvalue weighted by molar-refractivity contribution is -0.136. The highest BCUT2D eigenvalue weighted by molar-refractivity contribution is 7.89. The average Bonchev–Trinajstić information content (AvgIpc) is 3.27. The number of hydrogen-bond acceptors (Lipinski definition) is 6. The molecule has 0 radical (unpaired) electrons. The van der Waals surface area contributed by atoms with Crippen molar-refractivity contribution in [3.63, 3.8) is 0 Å². The van der Waals surface area contributed by atoms with Crippen LogP contribution < -0.4 is 15.1 Å². The number of ether oxygens (including phenoxy) is 1. The second-order valence-corrected chi connectivity index (χ2v) is 11.1. The van der Waals surface area contributed by atoms with Crippen molar-refractivity contribution in [3.8, 4) is 5.75 Å². The molecule has 2 N–H and O–H groups in total. The third kappa shape index (κ3) is 5.22. The zero-order valence-corrected chi connectivity index (χ0v) is 22.0. The van der Waals surface area contributed by atoms with E-state index in [0.29, 0.717) is 10.9 Å². The van der Waals surface area contributed by atoms with Gasteiger partial charge >= 0.3 is 11.6 Å². The van der Waals surface area contributed by atoms with Gasteiger partial charge in [0.1, 0.15) is 11.6 Å². The first-order valence-corrected chi connectivity index (χ1v) is 13.6. The molecule has 0 spiro atoms. The molecule has 3 aromatic carbocycles. The van der Waals surface area contributed by atoms with E-state index < -0.39 is 27.7 Å². The highest BCUT2D eigenvalue weighted by Crippen LogP contribution is 2.31. The predicted octanol–water partition coefficient (Wildman–Crippen LogP) is 5.04. The third-order valence-corrected chi connectivity index (χ3v) is 8.01. The second-order valence-electron chi connectivity index (χ2n) is 9.00. The summed E-state index contributed by atoms with van der Waals surface area (Å²) in [5.41, 5.74) is 2.75. The second kappa shape index (κ2) is 10.1. The summed E-state index contributed by atoms with van der Waals surface area (Å²) in [4.78, 5) is 28.4. The van der Waals surface area contributed by atoms with E-state index in [1.54, 1.807) is 25.3 Å². The van der Waals surface area contributed by atoms with E-state index >= 15 is 0 Å². The van der Waals surface area contributed by atoms with Gasteiger partial charge in [0, 0.05) is 41.0 Å². The first kappa shape index (κ1) is 25.7. The molecule has 0 unspecified atom stereocenters. The number of rotatable bonds is 7. The van der Waals surface area contributed by atoms with Crippen molar-refractivity contribution < 1.29 is 22.4 Å². The van der Waals surface area contributed by atoms with Gasteiger partial charge in [-0.05, 0) is 49.2 Å². The van der Waals surface area contributed by atoms with E-state index in [0.717, 1.165) is 22.0 Å². The number of nitrogens with one attached hydrogen (secondary N) is 2. The molecule has 0 bridgehead atoms. The van der Waals surface area contributed by atoms with Crippen molar-refractivity contribution in [2.24, 2.45) is 0 Å². The molecule has 5 rings (SSSR count). The summed E-state index contributed by atoms with van der Waals surface area (Å²) in [6, 6.07) is 16.7. The largest absolute Gasteiger partial charge is 0.424 e. The first-order valence-electron chi connectivity index (χ1n) is 11.7. The van der Waals surface area contributed by atoms with E-state index in [9.17, 15) is 18.0 Å². The number of hydrogen-bond donors (Lipinski definition) is 2. The lowest BCUT2D eigenvalue weighted by atomic mass is 10.1. The van der Waals surface area contributed by atoms with Crippen LogP contribution in [-0.2, 0) is 21.2 Å². The number of esters is 1. The molecule has 38 heavy (non-hydrogen) atoms. The molecule has 0 amide bonds. The number of H-pyrrole nitrogens is 1. The number of aromatic nitrogens is 1. The van der Waals surface area contributed by atoms with E-state index in [-0.39, 0.29) is 27.7 Å². The fourth-order valence-corrected chi connectivity index (χ4v) is 5.63. The molecule has 1 atom stereocenters. The van der Waals surface area contributed by atoms with E-state index in [2.05, 4.69) is 9.71 Å². The Labute approximate surface area is 223 Å². The van der Waals surface area contributed by atoms with Crippen LogP contribution in [0.3, 0.4) is 0 Å². The van der Waals surface area contributed by atoms with E-state index in [1.807, 2.05) is 31.2 Å². The predicted molar refractivity (Wildman–Crippen MR) is 145 cm³/mol. The van der Waals surface area contributed by atoms with Gasteiger partial charge in [0.25, 0.3) is 0 Å². The van der Waals surface area contributed by atoms with Crippen LogP contribution in [0.4, 0.5) is 0 Å². The highest BCUT2D eigenvalue weighted by Gasteiger charge is 2.29. The maximum atomic E-state index is 13.4. The molecular weight excluding hydrogens is 528 g/mol.